The average Bonchev–Trinajstić information content (AvgIpc) is 3.34. The van der Waals surface area contributed by atoms with Gasteiger partial charge in [0.1, 0.15) is 4.90 Å². The van der Waals surface area contributed by atoms with Crippen molar-refractivity contribution in [1.29, 1.82) is 0 Å². The number of hydrogen-bond donors (Lipinski definition) is 2. The summed E-state index contributed by atoms with van der Waals surface area (Å²) >= 11 is 0. The predicted octanol–water partition coefficient (Wildman–Crippen LogP) is 2.66. The van der Waals surface area contributed by atoms with Crippen LogP contribution in [0.1, 0.15) is 11.1 Å². The lowest BCUT2D eigenvalue weighted by molar-refractivity contribution is -0.124. The fraction of sp³-hybridized carbons (Fsp3) is 0.240. The molecule has 2 N–H and O–H groups in total. The monoisotopic (exact) mass is 480 g/mol. The summed E-state index contributed by atoms with van der Waals surface area (Å²) in [5, 5.41) is 8.66. The number of likely N-dealkylation sites (N-methyl/N-ethyl adjacent to an activating group) is 1. The molecule has 0 saturated carbocycles. The highest BCUT2D eigenvalue weighted by molar-refractivity contribution is 7.90. The van der Waals surface area contributed by atoms with E-state index in [9.17, 15) is 13.2 Å². The lowest BCUT2D eigenvalue weighted by atomic mass is 10.0. The summed E-state index contributed by atoms with van der Waals surface area (Å²) in [4.78, 5) is 16.1. The van der Waals surface area contributed by atoms with Gasteiger partial charge in [-0.2, -0.15) is 0 Å². The zero-order chi connectivity index (χ0) is 24.1. The predicted molar refractivity (Wildman–Crippen MR) is 131 cm³/mol. The van der Waals surface area contributed by atoms with Crippen LogP contribution in [0.4, 0.5) is 0 Å². The summed E-state index contributed by atoms with van der Waals surface area (Å²) in [5.41, 5.74) is 4.26. The van der Waals surface area contributed by atoms with Crippen LogP contribution in [0.25, 0.3) is 17.2 Å². The quantitative estimate of drug-likeness (QED) is 0.307. The van der Waals surface area contributed by atoms with Crippen molar-refractivity contribution in [3.63, 3.8) is 0 Å². The average molecular weight is 481 g/mol. The molecule has 0 atom stereocenters. The normalized spacial score (nSPS) is 15.6. The Bertz CT molecular complexity index is 1280. The Morgan fingerprint density at radius 1 is 1.03 bits per heavy atom. The maximum atomic E-state index is 13.9. The molecule has 1 aliphatic rings. The van der Waals surface area contributed by atoms with Gasteiger partial charge in [0, 0.05) is 56.8 Å². The van der Waals surface area contributed by atoms with Gasteiger partial charge in [-0.15, -0.1) is 0 Å². The van der Waals surface area contributed by atoms with Gasteiger partial charge in [0.15, 0.2) is 0 Å². The molecule has 2 aromatic carbocycles. The topological polar surface area (TPSA) is 94.9 Å². The standard InChI is InChI=1S/C25H28N4O4S/c1-27-14-16-28(17-15-27)19-22-8-5-9-23(21-6-3-2-4-7-21)25(22)34(32,33)29-13-12-20(18-29)10-11-24(30)26-31/h2-13,18,31H,14-17,19H2,1H3,(H,26,30)/b11-10+. The SMILES string of the molecule is CN1CCN(Cc2cccc(-c3ccccc3)c2S(=O)(=O)n2ccc(/C=C/C(=O)NO)c2)CC1. The van der Waals surface area contributed by atoms with Gasteiger partial charge in [-0.25, -0.2) is 17.9 Å². The second-order valence-corrected chi connectivity index (χ2v) is 10.1. The van der Waals surface area contributed by atoms with E-state index >= 15 is 0 Å². The van der Waals surface area contributed by atoms with E-state index in [0.717, 1.165) is 43.4 Å². The van der Waals surface area contributed by atoms with Gasteiger partial charge < -0.3 is 4.90 Å². The van der Waals surface area contributed by atoms with Crippen LogP contribution in [-0.2, 0) is 21.4 Å². The summed E-state index contributed by atoms with van der Waals surface area (Å²) in [5.74, 6) is -0.695. The Morgan fingerprint density at radius 3 is 2.47 bits per heavy atom. The fourth-order valence-electron chi connectivity index (χ4n) is 4.06. The Balaban J connectivity index is 1.77. The van der Waals surface area contributed by atoms with Crippen molar-refractivity contribution in [1.82, 2.24) is 19.3 Å². The molecule has 0 bridgehead atoms. The smallest absolute Gasteiger partial charge is 0.268 e. The van der Waals surface area contributed by atoms with Crippen LogP contribution in [0.2, 0.25) is 0 Å². The van der Waals surface area contributed by atoms with Crippen molar-refractivity contribution >= 4 is 22.0 Å². The van der Waals surface area contributed by atoms with Gasteiger partial charge >= 0.3 is 0 Å². The van der Waals surface area contributed by atoms with Crippen LogP contribution >= 0.6 is 0 Å². The molecule has 9 heteroatoms. The molecule has 8 nitrogen and oxygen atoms in total. The lowest BCUT2D eigenvalue weighted by Crippen LogP contribution is -2.44. The number of benzene rings is 2. The molecule has 178 valence electrons. The fourth-order valence-corrected chi connectivity index (χ4v) is 5.68. The van der Waals surface area contributed by atoms with Crippen LogP contribution in [-0.4, -0.2) is 66.5 Å². The maximum Gasteiger partial charge on any atom is 0.268 e. The van der Waals surface area contributed by atoms with Gasteiger partial charge in [-0.3, -0.25) is 14.9 Å². The maximum absolute atomic E-state index is 13.9. The number of nitrogens with zero attached hydrogens (tertiary/aromatic N) is 3. The number of piperazine rings is 1. The summed E-state index contributed by atoms with van der Waals surface area (Å²) in [6.45, 7) is 4.16. The first-order valence-electron chi connectivity index (χ1n) is 11.0. The van der Waals surface area contributed by atoms with Gasteiger partial charge in [-0.1, -0.05) is 48.5 Å². The molecular formula is C25H28N4O4S. The van der Waals surface area contributed by atoms with E-state index in [-0.39, 0.29) is 4.90 Å². The molecule has 34 heavy (non-hydrogen) atoms. The second-order valence-electron chi connectivity index (χ2n) is 8.33. The molecule has 1 amide bonds. The van der Waals surface area contributed by atoms with Crippen LogP contribution in [0.5, 0.6) is 0 Å². The molecule has 0 aliphatic carbocycles. The van der Waals surface area contributed by atoms with Crippen molar-refractivity contribution in [3.8, 4) is 11.1 Å². The third-order valence-electron chi connectivity index (χ3n) is 5.93. The molecule has 3 aromatic rings. The molecule has 0 spiro atoms. The van der Waals surface area contributed by atoms with Crippen LogP contribution in [0.3, 0.4) is 0 Å². The zero-order valence-corrected chi connectivity index (χ0v) is 19.8. The summed E-state index contributed by atoms with van der Waals surface area (Å²) in [7, 11) is -1.85. The number of aromatic nitrogens is 1. The van der Waals surface area contributed by atoms with E-state index in [4.69, 9.17) is 5.21 Å². The minimum Gasteiger partial charge on any atom is -0.304 e. The first kappa shape index (κ1) is 23.9. The molecule has 2 heterocycles. The van der Waals surface area contributed by atoms with E-state index < -0.39 is 15.9 Å². The number of amides is 1. The number of carbonyl (C=O) groups is 1. The molecule has 1 saturated heterocycles. The van der Waals surface area contributed by atoms with Crippen LogP contribution in [0.15, 0.2) is 78.0 Å². The van der Waals surface area contributed by atoms with E-state index in [1.807, 2.05) is 48.5 Å². The lowest BCUT2D eigenvalue weighted by Gasteiger charge is -2.33. The van der Waals surface area contributed by atoms with Crippen molar-refractivity contribution in [2.45, 2.75) is 11.4 Å². The Morgan fingerprint density at radius 2 is 1.76 bits per heavy atom. The van der Waals surface area contributed by atoms with Crippen LogP contribution in [0, 0.1) is 0 Å². The van der Waals surface area contributed by atoms with Crippen molar-refractivity contribution in [2.24, 2.45) is 0 Å². The summed E-state index contributed by atoms with van der Waals surface area (Å²) in [6, 6.07) is 16.7. The summed E-state index contributed by atoms with van der Waals surface area (Å²) < 4.78 is 29.1. The highest BCUT2D eigenvalue weighted by Gasteiger charge is 2.26. The number of rotatable bonds is 7. The molecule has 0 radical (unpaired) electrons. The Labute approximate surface area is 199 Å². The number of carbonyl (C=O) groups excluding carboxylic acids is 1. The zero-order valence-electron chi connectivity index (χ0n) is 19.0. The van der Waals surface area contributed by atoms with E-state index in [1.165, 1.54) is 27.9 Å². The third kappa shape index (κ3) is 5.28. The third-order valence-corrected chi connectivity index (χ3v) is 7.71. The first-order chi connectivity index (χ1) is 16.4. The molecule has 0 unspecified atom stereocenters. The minimum atomic E-state index is -3.94. The van der Waals surface area contributed by atoms with Gasteiger partial charge in [0.2, 0.25) is 0 Å². The van der Waals surface area contributed by atoms with E-state index in [1.54, 1.807) is 6.07 Å². The summed E-state index contributed by atoms with van der Waals surface area (Å²) in [6.07, 6.45) is 5.49. The second kappa shape index (κ2) is 10.4. The highest BCUT2D eigenvalue weighted by atomic mass is 32.2. The Kier molecular flexibility index (Phi) is 7.28. The first-order valence-corrected chi connectivity index (χ1v) is 12.5. The van der Waals surface area contributed by atoms with Gasteiger partial charge in [0.05, 0.1) is 0 Å². The van der Waals surface area contributed by atoms with Crippen molar-refractivity contribution < 1.29 is 18.4 Å². The van der Waals surface area contributed by atoms with Gasteiger partial charge in [0.25, 0.3) is 15.9 Å². The van der Waals surface area contributed by atoms with Gasteiger partial charge in [-0.05, 0) is 35.9 Å². The number of hydrogen-bond acceptors (Lipinski definition) is 6. The number of hydroxylamine groups is 1. The molecule has 4 rings (SSSR count). The molecular weight excluding hydrogens is 452 g/mol. The Hall–Kier alpha value is -3.24. The van der Waals surface area contributed by atoms with Crippen molar-refractivity contribution in [3.05, 3.63) is 84.2 Å². The van der Waals surface area contributed by atoms with Crippen LogP contribution < -0.4 is 5.48 Å². The highest BCUT2D eigenvalue weighted by Crippen LogP contribution is 2.33. The largest absolute Gasteiger partial charge is 0.304 e. The van der Waals surface area contributed by atoms with E-state index in [0.29, 0.717) is 17.7 Å². The molecule has 1 fully saturated rings. The molecule has 1 aromatic heterocycles. The van der Waals surface area contributed by atoms with E-state index in [2.05, 4.69) is 16.8 Å². The number of nitrogens with one attached hydrogen (secondary N) is 1. The molecule has 1 aliphatic heterocycles. The van der Waals surface area contributed by atoms with Crippen molar-refractivity contribution in [2.75, 3.05) is 33.2 Å². The minimum absolute atomic E-state index is 0.277.